The van der Waals surface area contributed by atoms with Crippen LogP contribution in [0.5, 0.6) is 0 Å². The molecule has 0 aliphatic heterocycles. The van der Waals surface area contributed by atoms with Gasteiger partial charge in [0.25, 0.3) is 5.89 Å². The molecule has 3 aromatic heterocycles. The summed E-state index contributed by atoms with van der Waals surface area (Å²) < 4.78 is 6.74. The molecular weight excluding hydrogens is 334 g/mol. The van der Waals surface area contributed by atoms with Crippen LogP contribution in [0.2, 0.25) is 0 Å². The molecule has 3 heterocycles. The van der Waals surface area contributed by atoms with Gasteiger partial charge in [-0.3, -0.25) is 19.1 Å². The fourth-order valence-electron chi connectivity index (χ4n) is 2.83. The van der Waals surface area contributed by atoms with Crippen molar-refractivity contribution in [3.63, 3.8) is 0 Å². The first-order valence-corrected chi connectivity index (χ1v) is 8.08. The lowest BCUT2D eigenvalue weighted by atomic mass is 10.1. The Morgan fingerprint density at radius 1 is 1.15 bits per heavy atom. The molecule has 1 aromatic carbocycles. The highest BCUT2D eigenvalue weighted by Gasteiger charge is 2.14. The average molecular weight is 349 g/mol. The SMILES string of the molecule is CC(C)n1c(=O)c(=O)[nH]c2cc(-c3noc(-c4ccccn4)n3)ccc21. The van der Waals surface area contributed by atoms with E-state index in [0.29, 0.717) is 34.0 Å². The van der Waals surface area contributed by atoms with E-state index < -0.39 is 11.1 Å². The van der Waals surface area contributed by atoms with Crippen molar-refractivity contribution in [1.82, 2.24) is 24.7 Å². The van der Waals surface area contributed by atoms with Crippen LogP contribution in [0, 0.1) is 0 Å². The number of hydrogen-bond acceptors (Lipinski definition) is 6. The van der Waals surface area contributed by atoms with Gasteiger partial charge in [-0.15, -0.1) is 0 Å². The Morgan fingerprint density at radius 2 is 2.00 bits per heavy atom. The van der Waals surface area contributed by atoms with Crippen LogP contribution >= 0.6 is 0 Å². The molecule has 1 N–H and O–H groups in total. The quantitative estimate of drug-likeness (QED) is 0.569. The Bertz CT molecular complexity index is 1200. The van der Waals surface area contributed by atoms with Crippen molar-refractivity contribution in [1.29, 1.82) is 0 Å². The number of benzene rings is 1. The summed E-state index contributed by atoms with van der Waals surface area (Å²) in [5, 5.41) is 3.98. The highest BCUT2D eigenvalue weighted by Crippen LogP contribution is 2.23. The zero-order valence-electron chi connectivity index (χ0n) is 14.1. The van der Waals surface area contributed by atoms with Gasteiger partial charge in [0.15, 0.2) is 0 Å². The first-order chi connectivity index (χ1) is 12.5. The standard InChI is InChI=1S/C18H15N5O3/c1-10(2)23-14-7-6-11(9-13(14)20-16(24)18(23)25)15-21-17(26-22-15)12-5-3-4-8-19-12/h3-10H,1-2H3,(H,20,24). The Kier molecular flexibility index (Phi) is 3.72. The van der Waals surface area contributed by atoms with E-state index in [1.54, 1.807) is 36.5 Å². The molecule has 8 heteroatoms. The summed E-state index contributed by atoms with van der Waals surface area (Å²) in [6.07, 6.45) is 1.64. The van der Waals surface area contributed by atoms with Gasteiger partial charge in [-0.1, -0.05) is 11.2 Å². The van der Waals surface area contributed by atoms with Crippen molar-refractivity contribution in [3.05, 3.63) is 63.3 Å². The van der Waals surface area contributed by atoms with Crippen LogP contribution in [0.4, 0.5) is 0 Å². The second kappa shape index (κ2) is 6.07. The number of hydrogen-bond donors (Lipinski definition) is 1. The van der Waals surface area contributed by atoms with Gasteiger partial charge in [-0.2, -0.15) is 4.98 Å². The minimum absolute atomic E-state index is 0.140. The second-order valence-corrected chi connectivity index (χ2v) is 6.09. The Balaban J connectivity index is 1.84. The summed E-state index contributed by atoms with van der Waals surface area (Å²) in [5.41, 5.74) is 1.18. The minimum Gasteiger partial charge on any atom is -0.332 e. The molecule has 4 aromatic rings. The molecular formula is C18H15N5O3. The summed E-state index contributed by atoms with van der Waals surface area (Å²) in [7, 11) is 0. The smallest absolute Gasteiger partial charge is 0.316 e. The fraction of sp³-hybridized carbons (Fsp3) is 0.167. The van der Waals surface area contributed by atoms with E-state index >= 15 is 0 Å². The van der Waals surface area contributed by atoms with Gasteiger partial charge in [0.1, 0.15) is 5.69 Å². The number of rotatable bonds is 3. The van der Waals surface area contributed by atoms with Crippen molar-refractivity contribution >= 4 is 11.0 Å². The predicted molar refractivity (Wildman–Crippen MR) is 95.7 cm³/mol. The zero-order valence-corrected chi connectivity index (χ0v) is 14.1. The molecule has 0 radical (unpaired) electrons. The van der Waals surface area contributed by atoms with Gasteiger partial charge >= 0.3 is 11.1 Å². The van der Waals surface area contributed by atoms with E-state index in [-0.39, 0.29) is 6.04 Å². The maximum atomic E-state index is 12.1. The highest BCUT2D eigenvalue weighted by molar-refractivity contribution is 5.80. The lowest BCUT2D eigenvalue weighted by Gasteiger charge is -2.13. The first kappa shape index (κ1) is 15.9. The third-order valence-electron chi connectivity index (χ3n) is 4.00. The second-order valence-electron chi connectivity index (χ2n) is 6.09. The Morgan fingerprint density at radius 3 is 2.73 bits per heavy atom. The molecule has 0 atom stereocenters. The van der Waals surface area contributed by atoms with Crippen LogP contribution in [-0.4, -0.2) is 24.7 Å². The largest absolute Gasteiger partial charge is 0.332 e. The molecule has 0 bridgehead atoms. The number of fused-ring (bicyclic) bond motifs is 1. The van der Waals surface area contributed by atoms with Gasteiger partial charge in [0, 0.05) is 17.8 Å². The van der Waals surface area contributed by atoms with Crippen molar-refractivity contribution in [3.8, 4) is 23.0 Å². The molecule has 0 aliphatic rings. The van der Waals surface area contributed by atoms with Gasteiger partial charge in [-0.25, -0.2) is 0 Å². The highest BCUT2D eigenvalue weighted by atomic mass is 16.5. The molecule has 4 rings (SSSR count). The summed E-state index contributed by atoms with van der Waals surface area (Å²) in [6.45, 7) is 3.71. The van der Waals surface area contributed by atoms with Crippen LogP contribution in [0.1, 0.15) is 19.9 Å². The monoisotopic (exact) mass is 349 g/mol. The number of H-pyrrole nitrogens is 1. The van der Waals surface area contributed by atoms with E-state index in [9.17, 15) is 9.59 Å². The number of aromatic nitrogens is 5. The average Bonchev–Trinajstić information content (AvgIpc) is 3.13. The van der Waals surface area contributed by atoms with E-state index in [2.05, 4.69) is 20.1 Å². The molecule has 26 heavy (non-hydrogen) atoms. The van der Waals surface area contributed by atoms with Gasteiger partial charge in [-0.05, 0) is 44.2 Å². The molecule has 0 amide bonds. The molecule has 0 spiro atoms. The molecule has 0 fully saturated rings. The lowest BCUT2D eigenvalue weighted by Crippen LogP contribution is -2.37. The predicted octanol–water partition coefficient (Wildman–Crippen LogP) is 2.38. The number of pyridine rings is 1. The normalized spacial score (nSPS) is 11.3. The van der Waals surface area contributed by atoms with Gasteiger partial charge < -0.3 is 9.51 Å². The molecule has 0 saturated heterocycles. The number of nitrogens with one attached hydrogen (secondary N) is 1. The molecule has 0 unspecified atom stereocenters. The summed E-state index contributed by atoms with van der Waals surface area (Å²) in [5.74, 6) is 0.678. The Labute approximate surface area is 147 Å². The van der Waals surface area contributed by atoms with E-state index in [0.717, 1.165) is 0 Å². The maximum absolute atomic E-state index is 12.1. The minimum atomic E-state index is -0.661. The molecule has 130 valence electrons. The number of nitrogens with zero attached hydrogens (tertiary/aromatic N) is 4. The molecule has 0 aliphatic carbocycles. The van der Waals surface area contributed by atoms with Crippen molar-refractivity contribution in [2.24, 2.45) is 0 Å². The van der Waals surface area contributed by atoms with Crippen LogP contribution < -0.4 is 11.1 Å². The third kappa shape index (κ3) is 2.61. The van der Waals surface area contributed by atoms with Crippen LogP contribution in [0.25, 0.3) is 34.0 Å². The van der Waals surface area contributed by atoms with E-state index in [4.69, 9.17) is 4.52 Å². The summed E-state index contributed by atoms with van der Waals surface area (Å²) in [6, 6.07) is 10.5. The Hall–Kier alpha value is -3.55. The van der Waals surface area contributed by atoms with Crippen LogP contribution in [-0.2, 0) is 0 Å². The van der Waals surface area contributed by atoms with E-state index in [1.807, 2.05) is 19.9 Å². The zero-order chi connectivity index (χ0) is 18.3. The fourth-order valence-corrected chi connectivity index (χ4v) is 2.83. The molecule has 8 nitrogen and oxygen atoms in total. The van der Waals surface area contributed by atoms with Gasteiger partial charge in [0.05, 0.1) is 11.0 Å². The summed E-state index contributed by atoms with van der Waals surface area (Å²) >= 11 is 0. The van der Waals surface area contributed by atoms with Gasteiger partial charge in [0.2, 0.25) is 5.82 Å². The topological polar surface area (TPSA) is 107 Å². The van der Waals surface area contributed by atoms with Crippen LogP contribution in [0.3, 0.4) is 0 Å². The van der Waals surface area contributed by atoms with Crippen molar-refractivity contribution in [2.75, 3.05) is 0 Å². The van der Waals surface area contributed by atoms with Crippen molar-refractivity contribution in [2.45, 2.75) is 19.9 Å². The van der Waals surface area contributed by atoms with Crippen LogP contribution in [0.15, 0.2) is 56.7 Å². The van der Waals surface area contributed by atoms with Crippen molar-refractivity contribution < 1.29 is 4.52 Å². The lowest BCUT2D eigenvalue weighted by molar-refractivity contribution is 0.431. The van der Waals surface area contributed by atoms with E-state index in [1.165, 1.54) is 4.57 Å². The third-order valence-corrected chi connectivity index (χ3v) is 4.00. The maximum Gasteiger partial charge on any atom is 0.316 e. The number of aromatic amines is 1. The molecule has 0 saturated carbocycles. The summed E-state index contributed by atoms with van der Waals surface area (Å²) in [4.78, 5) is 35.2. The first-order valence-electron chi connectivity index (χ1n) is 8.08.